The highest BCUT2D eigenvalue weighted by atomic mass is 35.5. The predicted molar refractivity (Wildman–Crippen MR) is 227 cm³/mol. The van der Waals surface area contributed by atoms with Crippen molar-refractivity contribution in [2.75, 3.05) is 21.3 Å². The summed E-state index contributed by atoms with van der Waals surface area (Å²) in [7, 11) is 0. The summed E-state index contributed by atoms with van der Waals surface area (Å²) in [6.45, 7) is 0. The molecule has 0 aliphatic carbocycles. The van der Waals surface area contributed by atoms with E-state index in [1.807, 2.05) is 36.4 Å². The van der Waals surface area contributed by atoms with Crippen molar-refractivity contribution in [2.24, 2.45) is 0 Å². The number of anilines is 4. The van der Waals surface area contributed by atoms with Crippen LogP contribution in [0.15, 0.2) is 140 Å². The quantitative estimate of drug-likeness (QED) is 0.127. The van der Waals surface area contributed by atoms with Crippen LogP contribution in [-0.2, 0) is 0 Å². The zero-order valence-corrected chi connectivity index (χ0v) is 31.9. The molecule has 7 aromatic carbocycles. The van der Waals surface area contributed by atoms with Gasteiger partial charge < -0.3 is 11.5 Å². The highest BCUT2D eigenvalue weighted by molar-refractivity contribution is 6.40. The van der Waals surface area contributed by atoms with Gasteiger partial charge in [-0.15, -0.1) is 0 Å². The average molecular weight is 806 g/mol. The van der Waals surface area contributed by atoms with E-state index in [2.05, 4.69) is 0 Å². The van der Waals surface area contributed by atoms with Gasteiger partial charge in [-0.1, -0.05) is 95.5 Å². The van der Waals surface area contributed by atoms with E-state index in [4.69, 9.17) is 46.3 Å². The molecule has 2 heterocycles. The molecule has 0 saturated heterocycles. The fourth-order valence-corrected chi connectivity index (χ4v) is 8.13. The summed E-state index contributed by atoms with van der Waals surface area (Å²) in [5.41, 5.74) is 20.6. The second kappa shape index (κ2) is 13.8. The van der Waals surface area contributed by atoms with Gasteiger partial charge in [0.25, 0.3) is 23.6 Å². The Labute approximate surface area is 341 Å². The topological polar surface area (TPSA) is 127 Å². The Kier molecular flexibility index (Phi) is 8.70. The normalized spacial score (nSPS) is 13.4. The van der Waals surface area contributed by atoms with E-state index >= 15 is 0 Å². The number of hydrogen-bond acceptors (Lipinski definition) is 6. The Balaban J connectivity index is 0.945. The molecule has 0 aromatic heterocycles. The van der Waals surface area contributed by atoms with Crippen LogP contribution in [0.2, 0.25) is 15.1 Å². The van der Waals surface area contributed by atoms with Gasteiger partial charge in [0.15, 0.2) is 0 Å². The number of fused-ring (bicyclic) bond motifs is 2. The van der Waals surface area contributed by atoms with Crippen LogP contribution in [0.4, 0.5) is 22.7 Å². The SMILES string of the molecule is Nc1ccc(-c2ccc3c(c2)C(=O)N(c2ccc(-c4ccc(-c5ccc(N6C(=O)c7ccc(-c8ccc(N)cc8)cc7C6=O)c(Cl)c5)c(Cl)c4)c(Cl)c2)C3=O)cc1. The standard InChI is InChI=1S/C46H27Cl3N4O4/c47-39-21-28(34-17-13-32(23-40(34)48)52-43(54)35-15-5-26(19-37(35)45(52)56)24-1-9-30(50)10-2-24)7-14-33(39)29-8-18-42(41(49)22-29)53-44(55)36-16-6-27(20-38(36)46(53)57)25-3-11-31(51)12-4-25/h1-23H,50-51H2. The molecule has 4 amide bonds. The average Bonchev–Trinajstić information content (AvgIpc) is 3.61. The fraction of sp³-hybridized carbons (Fsp3) is 0. The number of carbonyl (C=O) groups is 4. The summed E-state index contributed by atoms with van der Waals surface area (Å²) in [4.78, 5) is 56.3. The minimum Gasteiger partial charge on any atom is -0.399 e. The Hall–Kier alpha value is -6.71. The number of carbonyl (C=O) groups excluding carboxylic acids is 4. The number of halogens is 3. The first-order valence-electron chi connectivity index (χ1n) is 17.6. The molecule has 9 rings (SSSR count). The van der Waals surface area contributed by atoms with Crippen molar-refractivity contribution in [3.05, 3.63) is 177 Å². The van der Waals surface area contributed by atoms with Crippen molar-refractivity contribution in [3.63, 3.8) is 0 Å². The summed E-state index contributed by atoms with van der Waals surface area (Å²) in [5, 5.41) is 0.892. The maximum Gasteiger partial charge on any atom is 0.266 e. The lowest BCUT2D eigenvalue weighted by atomic mass is 9.99. The van der Waals surface area contributed by atoms with E-state index in [-0.39, 0.29) is 21.8 Å². The van der Waals surface area contributed by atoms with E-state index < -0.39 is 23.6 Å². The summed E-state index contributed by atoms with van der Waals surface area (Å²) < 4.78 is 0. The molecule has 0 unspecified atom stereocenters. The molecule has 0 atom stereocenters. The van der Waals surface area contributed by atoms with Gasteiger partial charge in [-0.05, 0) is 112 Å². The lowest BCUT2D eigenvalue weighted by Gasteiger charge is -2.17. The van der Waals surface area contributed by atoms with Crippen LogP contribution in [0, 0.1) is 0 Å². The molecule has 0 radical (unpaired) electrons. The predicted octanol–water partition coefficient (Wildman–Crippen LogP) is 11.1. The summed E-state index contributed by atoms with van der Waals surface area (Å²) in [6.07, 6.45) is 0. The molecule has 0 bridgehead atoms. The molecule has 7 aromatic rings. The van der Waals surface area contributed by atoms with Crippen molar-refractivity contribution < 1.29 is 19.2 Å². The van der Waals surface area contributed by atoms with E-state index in [1.54, 1.807) is 103 Å². The molecule has 0 fully saturated rings. The number of hydrogen-bond donors (Lipinski definition) is 2. The fourth-order valence-electron chi connectivity index (χ4n) is 7.29. The molecule has 0 spiro atoms. The molecule has 276 valence electrons. The van der Waals surface area contributed by atoms with E-state index in [1.165, 1.54) is 0 Å². The third-order valence-electron chi connectivity index (χ3n) is 10.3. The van der Waals surface area contributed by atoms with Crippen molar-refractivity contribution in [3.8, 4) is 44.5 Å². The van der Waals surface area contributed by atoms with Gasteiger partial charge in [0.05, 0.1) is 43.7 Å². The zero-order chi connectivity index (χ0) is 39.7. The number of benzene rings is 7. The zero-order valence-electron chi connectivity index (χ0n) is 29.6. The molecule has 4 N–H and O–H groups in total. The number of nitrogens with two attached hydrogens (primary N) is 2. The van der Waals surface area contributed by atoms with Gasteiger partial charge in [0.1, 0.15) is 0 Å². The third-order valence-corrected chi connectivity index (χ3v) is 11.2. The smallest absolute Gasteiger partial charge is 0.266 e. The second-order valence-electron chi connectivity index (χ2n) is 13.7. The maximum atomic E-state index is 13.6. The van der Waals surface area contributed by atoms with E-state index in [9.17, 15) is 19.2 Å². The lowest BCUT2D eigenvalue weighted by Crippen LogP contribution is -2.29. The molecule has 57 heavy (non-hydrogen) atoms. The first-order valence-corrected chi connectivity index (χ1v) is 18.8. The van der Waals surface area contributed by atoms with Crippen LogP contribution in [0.1, 0.15) is 41.4 Å². The third kappa shape index (κ3) is 6.11. The highest BCUT2D eigenvalue weighted by Crippen LogP contribution is 2.41. The van der Waals surface area contributed by atoms with Crippen molar-refractivity contribution in [1.29, 1.82) is 0 Å². The van der Waals surface area contributed by atoms with Gasteiger partial charge in [0, 0.05) is 27.5 Å². The highest BCUT2D eigenvalue weighted by Gasteiger charge is 2.39. The monoisotopic (exact) mass is 804 g/mol. The van der Waals surface area contributed by atoms with Crippen LogP contribution in [-0.4, -0.2) is 23.6 Å². The van der Waals surface area contributed by atoms with Crippen molar-refractivity contribution in [2.45, 2.75) is 0 Å². The Bertz CT molecular complexity index is 2890. The molecule has 0 saturated carbocycles. The first kappa shape index (κ1) is 36.0. The van der Waals surface area contributed by atoms with Crippen LogP contribution < -0.4 is 21.3 Å². The number of imide groups is 2. The van der Waals surface area contributed by atoms with E-state index in [0.717, 1.165) is 32.1 Å². The Morgan fingerprint density at radius 3 is 1.23 bits per heavy atom. The van der Waals surface area contributed by atoms with Gasteiger partial charge in [-0.25, -0.2) is 9.80 Å². The van der Waals surface area contributed by atoms with Gasteiger partial charge in [0.2, 0.25) is 0 Å². The first-order chi connectivity index (χ1) is 27.5. The Morgan fingerprint density at radius 2 is 0.719 bits per heavy atom. The summed E-state index contributed by atoms with van der Waals surface area (Å²) in [6, 6.07) is 40.3. The molecular formula is C46H27Cl3N4O4. The molecular weight excluding hydrogens is 779 g/mol. The minimum absolute atomic E-state index is 0.189. The van der Waals surface area contributed by atoms with Gasteiger partial charge in [-0.3, -0.25) is 19.2 Å². The van der Waals surface area contributed by atoms with Crippen molar-refractivity contribution >= 4 is 81.2 Å². The molecule has 8 nitrogen and oxygen atoms in total. The summed E-state index contributed by atoms with van der Waals surface area (Å²) >= 11 is 20.4. The van der Waals surface area contributed by atoms with E-state index in [0.29, 0.717) is 60.5 Å². The van der Waals surface area contributed by atoms with Crippen LogP contribution in [0.25, 0.3) is 44.5 Å². The second-order valence-corrected chi connectivity index (χ2v) is 14.9. The van der Waals surface area contributed by atoms with Crippen LogP contribution >= 0.6 is 34.8 Å². The van der Waals surface area contributed by atoms with Crippen molar-refractivity contribution in [1.82, 2.24) is 0 Å². The number of nitrogens with zero attached hydrogens (tertiary/aromatic N) is 2. The number of rotatable bonds is 6. The Morgan fingerprint density at radius 1 is 0.333 bits per heavy atom. The largest absolute Gasteiger partial charge is 0.399 e. The molecule has 2 aliphatic rings. The van der Waals surface area contributed by atoms with Crippen LogP contribution in [0.5, 0.6) is 0 Å². The minimum atomic E-state index is -0.473. The number of nitrogen functional groups attached to an aromatic ring is 2. The maximum absolute atomic E-state index is 13.6. The number of amides is 4. The van der Waals surface area contributed by atoms with Gasteiger partial charge >= 0.3 is 0 Å². The molecule has 2 aliphatic heterocycles. The summed E-state index contributed by atoms with van der Waals surface area (Å²) in [5.74, 6) is -1.82. The van der Waals surface area contributed by atoms with Crippen LogP contribution in [0.3, 0.4) is 0 Å². The van der Waals surface area contributed by atoms with Gasteiger partial charge in [-0.2, -0.15) is 0 Å². The lowest BCUT2D eigenvalue weighted by molar-refractivity contribution is 0.0910. The molecule has 11 heteroatoms.